The molecule has 2 atom stereocenters. The molecule has 14 heteroatoms. The molecule has 4 N–H and O–H groups in total. The van der Waals surface area contributed by atoms with Crippen LogP contribution in [0.4, 0.5) is 17.6 Å². The van der Waals surface area contributed by atoms with Crippen molar-refractivity contribution in [1.29, 1.82) is 0 Å². The van der Waals surface area contributed by atoms with E-state index in [0.29, 0.717) is 10.9 Å². The zero-order valence-electron chi connectivity index (χ0n) is 24.5. The summed E-state index contributed by atoms with van der Waals surface area (Å²) in [5.74, 6) is -2.74. The number of amides is 2. The summed E-state index contributed by atoms with van der Waals surface area (Å²) in [6.07, 6.45) is 1.25. The van der Waals surface area contributed by atoms with Crippen molar-refractivity contribution in [3.05, 3.63) is 81.9 Å². The highest BCUT2D eigenvalue weighted by atomic mass is 35.5. The fourth-order valence-corrected chi connectivity index (χ4v) is 5.79. The summed E-state index contributed by atoms with van der Waals surface area (Å²) < 4.78 is 68.1. The number of carbonyl (C=O) groups is 2. The van der Waals surface area contributed by atoms with Crippen molar-refractivity contribution in [3.8, 4) is 22.8 Å². The Morgan fingerprint density at radius 1 is 1.22 bits per heavy atom. The molecule has 1 aliphatic heterocycles. The number of nitrogens with two attached hydrogens (primary N) is 1. The summed E-state index contributed by atoms with van der Waals surface area (Å²) in [6.45, 7) is -0.954. The Hall–Kier alpha value is -4.49. The van der Waals surface area contributed by atoms with Crippen molar-refractivity contribution in [3.63, 3.8) is 0 Å². The van der Waals surface area contributed by atoms with Gasteiger partial charge in [-0.3, -0.25) is 14.6 Å². The molecule has 2 aromatic heterocycles. The molecule has 9 nitrogen and oxygen atoms in total. The zero-order valence-corrected chi connectivity index (χ0v) is 25.2. The predicted octanol–water partition coefficient (Wildman–Crippen LogP) is 5.25. The highest BCUT2D eigenvalue weighted by molar-refractivity contribution is 6.30. The molecule has 1 fully saturated rings. The molecule has 6 rings (SSSR count). The number of halogens is 5. The van der Waals surface area contributed by atoms with E-state index in [9.17, 15) is 23.5 Å². The van der Waals surface area contributed by atoms with Crippen LogP contribution in [0.2, 0.25) is 5.02 Å². The summed E-state index contributed by atoms with van der Waals surface area (Å²) in [5.41, 5.74) is -0.325. The van der Waals surface area contributed by atoms with E-state index in [0.717, 1.165) is 12.1 Å². The standard InChI is InChI=1S/C32H27ClF4N4O5/c1-15-7-16-8-17(9-22(46-29(35)36)24(16)39-12-15)27(42)40-13-32(44,31(37)5-6-31)23-11-20-26(45-14-30(20,2)28(38)43)25(41-23)19-10-18(33)3-4-21(19)34/h3-4,7-12,29,44H,5-6,13-14H2,1-2H3,(H2,38,43)(H,40,42)/t30-,32-/m0/s1. The van der Waals surface area contributed by atoms with Crippen molar-refractivity contribution in [2.75, 3.05) is 13.2 Å². The van der Waals surface area contributed by atoms with Crippen molar-refractivity contribution in [1.82, 2.24) is 15.3 Å². The van der Waals surface area contributed by atoms with Crippen molar-refractivity contribution in [2.45, 2.75) is 50.0 Å². The predicted molar refractivity (Wildman–Crippen MR) is 159 cm³/mol. The number of fused-ring (bicyclic) bond motifs is 2. The number of aryl methyl sites for hydroxylation is 1. The molecule has 4 aromatic rings. The highest BCUT2D eigenvalue weighted by Gasteiger charge is 2.62. The molecule has 0 bridgehead atoms. The van der Waals surface area contributed by atoms with Gasteiger partial charge in [-0.05, 0) is 74.7 Å². The quantitative estimate of drug-likeness (QED) is 0.209. The third-order valence-electron chi connectivity index (χ3n) is 8.52. The molecule has 240 valence electrons. The van der Waals surface area contributed by atoms with Crippen LogP contribution in [-0.4, -0.2) is 52.3 Å². The van der Waals surface area contributed by atoms with Crippen LogP contribution in [0.5, 0.6) is 11.5 Å². The van der Waals surface area contributed by atoms with Gasteiger partial charge in [0.15, 0.2) is 11.4 Å². The molecule has 1 saturated carbocycles. The van der Waals surface area contributed by atoms with Gasteiger partial charge < -0.3 is 25.6 Å². The van der Waals surface area contributed by atoms with Gasteiger partial charge in [0.1, 0.15) is 40.5 Å². The lowest BCUT2D eigenvalue weighted by atomic mass is 9.80. The first-order chi connectivity index (χ1) is 21.6. The molecular weight excluding hydrogens is 632 g/mol. The Morgan fingerprint density at radius 3 is 2.63 bits per heavy atom. The summed E-state index contributed by atoms with van der Waals surface area (Å²) >= 11 is 6.14. The highest BCUT2D eigenvalue weighted by Crippen LogP contribution is 2.55. The lowest BCUT2D eigenvalue weighted by Gasteiger charge is -2.33. The Balaban J connectivity index is 1.43. The number of hydrogen-bond acceptors (Lipinski definition) is 7. The number of primary amides is 1. The van der Waals surface area contributed by atoms with Gasteiger partial charge in [-0.25, -0.2) is 13.8 Å². The minimum Gasteiger partial charge on any atom is -0.489 e. The third-order valence-corrected chi connectivity index (χ3v) is 8.76. The lowest BCUT2D eigenvalue weighted by Crippen LogP contribution is -2.49. The number of rotatable bonds is 9. The maximum atomic E-state index is 16.2. The summed E-state index contributed by atoms with van der Waals surface area (Å²) in [6, 6.07) is 9.03. The molecule has 1 aliphatic carbocycles. The van der Waals surface area contributed by atoms with E-state index in [1.165, 1.54) is 37.4 Å². The summed E-state index contributed by atoms with van der Waals surface area (Å²) in [4.78, 5) is 34.6. The molecule has 0 spiro atoms. The largest absolute Gasteiger partial charge is 0.489 e. The normalized spacial score (nSPS) is 19.3. The first-order valence-electron chi connectivity index (χ1n) is 14.1. The van der Waals surface area contributed by atoms with Crippen LogP contribution in [0, 0.1) is 12.7 Å². The van der Waals surface area contributed by atoms with E-state index in [-0.39, 0.29) is 69.6 Å². The van der Waals surface area contributed by atoms with Crippen LogP contribution in [0.25, 0.3) is 22.2 Å². The van der Waals surface area contributed by atoms with E-state index >= 15 is 8.78 Å². The number of ether oxygens (including phenoxy) is 2. The number of hydrogen-bond donors (Lipinski definition) is 3. The first kappa shape index (κ1) is 31.5. The van der Waals surface area contributed by atoms with Crippen molar-refractivity contribution >= 4 is 34.3 Å². The number of carbonyl (C=O) groups excluding carboxylic acids is 2. The minimum atomic E-state index is -3.20. The molecule has 3 heterocycles. The van der Waals surface area contributed by atoms with Gasteiger partial charge in [0.2, 0.25) is 5.91 Å². The fraction of sp³-hybridized carbons (Fsp3) is 0.312. The number of pyridine rings is 2. The van der Waals surface area contributed by atoms with Gasteiger partial charge in [-0.1, -0.05) is 11.6 Å². The van der Waals surface area contributed by atoms with E-state index < -0.39 is 47.5 Å². The molecule has 2 aromatic carbocycles. The van der Waals surface area contributed by atoms with E-state index in [2.05, 4.69) is 20.0 Å². The Labute approximate surface area is 264 Å². The maximum absolute atomic E-state index is 16.2. The van der Waals surface area contributed by atoms with Gasteiger partial charge in [-0.15, -0.1) is 0 Å². The Bertz CT molecular complexity index is 1920. The van der Waals surface area contributed by atoms with Gasteiger partial charge in [0, 0.05) is 33.3 Å². The van der Waals surface area contributed by atoms with Gasteiger partial charge in [0.05, 0.1) is 12.2 Å². The summed E-state index contributed by atoms with van der Waals surface area (Å²) in [7, 11) is 0. The third kappa shape index (κ3) is 5.26. The maximum Gasteiger partial charge on any atom is 0.387 e. The van der Waals surface area contributed by atoms with Crippen LogP contribution in [0.1, 0.15) is 46.9 Å². The minimum absolute atomic E-state index is 0.00735. The number of benzene rings is 2. The average molecular weight is 659 g/mol. The van der Waals surface area contributed by atoms with Gasteiger partial charge >= 0.3 is 6.61 Å². The van der Waals surface area contributed by atoms with Crippen LogP contribution in [0.15, 0.2) is 48.7 Å². The topological polar surface area (TPSA) is 137 Å². The van der Waals surface area contributed by atoms with Crippen LogP contribution < -0.4 is 20.5 Å². The molecule has 0 unspecified atom stereocenters. The van der Waals surface area contributed by atoms with Crippen LogP contribution in [-0.2, 0) is 15.8 Å². The Morgan fingerprint density at radius 2 is 1.96 bits per heavy atom. The second-order valence-electron chi connectivity index (χ2n) is 11.8. The van der Waals surface area contributed by atoms with Crippen molar-refractivity contribution in [2.24, 2.45) is 5.73 Å². The second-order valence-corrected chi connectivity index (χ2v) is 12.2. The lowest BCUT2D eigenvalue weighted by molar-refractivity contribution is -0.123. The average Bonchev–Trinajstić information content (AvgIpc) is 3.67. The van der Waals surface area contributed by atoms with Gasteiger partial charge in [-0.2, -0.15) is 8.78 Å². The molecule has 0 radical (unpaired) electrons. The van der Waals surface area contributed by atoms with E-state index in [1.54, 1.807) is 13.0 Å². The zero-order chi connectivity index (χ0) is 33.2. The summed E-state index contributed by atoms with van der Waals surface area (Å²) in [5, 5.41) is 15.0. The molecule has 2 aliphatic rings. The number of nitrogens with one attached hydrogen (secondary N) is 1. The van der Waals surface area contributed by atoms with Crippen molar-refractivity contribution < 1.29 is 41.7 Å². The number of nitrogens with zero attached hydrogens (tertiary/aromatic N) is 2. The molecule has 2 amide bonds. The Kier molecular flexibility index (Phi) is 7.59. The van der Waals surface area contributed by atoms with Crippen LogP contribution in [0.3, 0.4) is 0 Å². The first-order valence-corrected chi connectivity index (χ1v) is 14.5. The number of alkyl halides is 3. The monoisotopic (exact) mass is 658 g/mol. The van der Waals surface area contributed by atoms with E-state index in [1.807, 2.05) is 0 Å². The molecular formula is C32H27ClF4N4O5. The smallest absolute Gasteiger partial charge is 0.387 e. The SMILES string of the molecule is Cc1cnc2c(OC(F)F)cc(C(=O)NC[C@](O)(c3cc4c(c(-c5cc(Cl)ccc5F)n3)OC[C@]4(C)C(N)=O)C3(F)CC3)cc2c1. The van der Waals surface area contributed by atoms with Crippen LogP contribution >= 0.6 is 11.6 Å². The fourth-order valence-electron chi connectivity index (χ4n) is 5.62. The second kappa shape index (κ2) is 11.1. The van der Waals surface area contributed by atoms with E-state index in [4.69, 9.17) is 22.1 Å². The molecule has 0 saturated heterocycles. The number of aliphatic hydroxyl groups is 1. The number of aromatic nitrogens is 2. The molecule has 46 heavy (non-hydrogen) atoms. The van der Waals surface area contributed by atoms with Gasteiger partial charge in [0.25, 0.3) is 5.91 Å².